The summed E-state index contributed by atoms with van der Waals surface area (Å²) in [5.74, 6) is 2.88. The highest BCUT2D eigenvalue weighted by Gasteiger charge is 2.39. The molecular formula is C109H166N4O3. The third-order valence-electron chi connectivity index (χ3n) is 18.7. The van der Waals surface area contributed by atoms with Crippen LogP contribution in [0.5, 0.6) is 17.2 Å². The molecular weight excluding hydrogens is 1410 g/mol. The molecule has 1 fully saturated rings. The predicted octanol–water partition coefficient (Wildman–Crippen LogP) is 32.8. The van der Waals surface area contributed by atoms with Crippen LogP contribution in [0, 0.1) is 0 Å². The summed E-state index contributed by atoms with van der Waals surface area (Å²) in [6.45, 7) is 59.6. The minimum Gasteiger partial charge on any atom is -0.488 e. The molecule has 7 nitrogen and oxygen atoms in total. The molecule has 0 aromatic heterocycles. The van der Waals surface area contributed by atoms with Crippen LogP contribution in [0.4, 0.5) is 22.7 Å². The number of nitrogens with zero attached hydrogens (tertiary/aromatic N) is 4. The highest BCUT2D eigenvalue weighted by molar-refractivity contribution is 5.83. The first kappa shape index (κ1) is 109. The molecule has 0 N–H and O–H groups in total. The highest BCUT2D eigenvalue weighted by atomic mass is 16.5. The van der Waals surface area contributed by atoms with Gasteiger partial charge >= 0.3 is 0 Å². The van der Waals surface area contributed by atoms with Crippen LogP contribution in [0.25, 0.3) is 33.4 Å². The molecule has 0 saturated carbocycles. The number of piperidine rings is 1. The first-order chi connectivity index (χ1) is 50.8. The van der Waals surface area contributed by atoms with Gasteiger partial charge in [0.15, 0.2) is 0 Å². The molecule has 116 heavy (non-hydrogen) atoms. The van der Waals surface area contributed by atoms with Gasteiger partial charge in [0.05, 0.1) is 0 Å². The average Bonchev–Trinajstić information content (AvgIpc) is 0.724. The quantitative estimate of drug-likeness (QED) is 0.150. The van der Waals surface area contributed by atoms with E-state index in [1.54, 1.807) is 0 Å². The molecule has 2 aliphatic heterocycles. The molecule has 0 amide bonds. The molecule has 12 rings (SSSR count). The number of para-hydroxylation sites is 7. The van der Waals surface area contributed by atoms with Crippen molar-refractivity contribution in [1.82, 2.24) is 9.80 Å². The van der Waals surface area contributed by atoms with E-state index in [-0.39, 0.29) is 90.7 Å². The Labute approximate surface area is 714 Å². The number of rotatable bonds is 8. The van der Waals surface area contributed by atoms with Crippen molar-refractivity contribution in [2.45, 2.75) is 301 Å². The normalized spacial score (nSPS) is 12.8. The molecule has 2 aliphatic rings. The summed E-state index contributed by atoms with van der Waals surface area (Å²) in [5.41, 5.74) is 16.6. The second-order valence-electron chi connectivity index (χ2n) is 37.3. The fourth-order valence-electron chi connectivity index (χ4n) is 12.9. The van der Waals surface area contributed by atoms with Crippen molar-refractivity contribution >= 4 is 22.7 Å². The van der Waals surface area contributed by atoms with Gasteiger partial charge in [-0.3, -0.25) is 4.90 Å². The molecule has 10 aromatic rings. The van der Waals surface area contributed by atoms with Crippen molar-refractivity contribution in [3.63, 3.8) is 0 Å². The first-order valence-electron chi connectivity index (χ1n) is 39.6. The molecule has 0 aliphatic carbocycles. The van der Waals surface area contributed by atoms with E-state index in [9.17, 15) is 0 Å². The Kier molecular flexibility index (Phi) is 44.7. The van der Waals surface area contributed by atoms with Gasteiger partial charge in [-0.05, 0) is 273 Å². The third-order valence-corrected chi connectivity index (χ3v) is 18.7. The second kappa shape index (κ2) is 47.5. The Morgan fingerprint density at radius 1 is 0.302 bits per heavy atom. The zero-order valence-corrected chi connectivity index (χ0v) is 72.5. The van der Waals surface area contributed by atoms with Gasteiger partial charge < -0.3 is 28.9 Å². The maximum atomic E-state index is 6.37. The van der Waals surface area contributed by atoms with E-state index in [1.807, 2.05) is 60.7 Å². The van der Waals surface area contributed by atoms with Crippen molar-refractivity contribution in [2.24, 2.45) is 0 Å². The molecule has 0 unspecified atom stereocenters. The number of likely N-dealkylation sites (tertiary alicyclic amines) is 1. The van der Waals surface area contributed by atoms with E-state index < -0.39 is 0 Å². The standard InChI is InChI=1S/C22H22O.C19H23N.C16H19N.C16H18O.C14H22O.C9H19N.C6H15N.7CH4/c1-22(2,3)23-21-19(17-11-6-4-7-12-17)15-10-16-20(21)18-13-8-5-9-14-18;1-18(2,3)20-16-12-8-6-10-14(16)19(4,5)15-11-7-9-13-17(15)20;1-16(2,3)17(14-10-6-4-7-11-14)15-12-8-5-9-13-15;1-16(2,3)17-15-12-8-7-11-14(15)13-9-5-4-6-10-13;1-13(2,3)11-9-7-8-10-12(11)15-14(4,5)6;1-9(2,3)10-7-5-4-6-8-10;1-6(2,3)7(4)5;;;;;;;/h4-16H,1-3H3;6-13H,1-5H3;4-13H,1-3H3;4-12H,1-3H3;7-10H,1-6H3;4-8H2,1-3H3;1-5H3;7*1H4. The van der Waals surface area contributed by atoms with E-state index in [0.29, 0.717) is 11.1 Å². The second-order valence-corrected chi connectivity index (χ2v) is 37.3. The Hall–Kier alpha value is -8.88. The molecule has 0 bridgehead atoms. The number of ether oxygens (including phenoxy) is 3. The summed E-state index contributed by atoms with van der Waals surface area (Å²) in [4.78, 5) is 9.60. The smallest absolute Gasteiger partial charge is 0.135 e. The van der Waals surface area contributed by atoms with Crippen molar-refractivity contribution in [1.29, 1.82) is 0 Å². The minimum absolute atomic E-state index is 0. The molecule has 0 spiro atoms. The van der Waals surface area contributed by atoms with E-state index in [1.165, 1.54) is 88.5 Å². The van der Waals surface area contributed by atoms with Gasteiger partial charge in [-0.2, -0.15) is 0 Å². The van der Waals surface area contributed by atoms with Crippen LogP contribution in [0.2, 0.25) is 0 Å². The van der Waals surface area contributed by atoms with Crippen molar-refractivity contribution < 1.29 is 14.2 Å². The molecule has 2 heterocycles. The van der Waals surface area contributed by atoms with E-state index in [0.717, 1.165) is 33.9 Å². The molecule has 0 radical (unpaired) electrons. The van der Waals surface area contributed by atoms with Crippen LogP contribution in [0.15, 0.2) is 267 Å². The first-order valence-corrected chi connectivity index (χ1v) is 39.6. The minimum atomic E-state index is -0.256. The Bertz CT molecular complexity index is 4130. The van der Waals surface area contributed by atoms with Gasteiger partial charge in [0.25, 0.3) is 0 Å². The van der Waals surface area contributed by atoms with Gasteiger partial charge in [-0.15, -0.1) is 0 Å². The summed E-state index contributed by atoms with van der Waals surface area (Å²) < 4.78 is 18.3. The average molecular weight is 1580 g/mol. The SMILES string of the molecule is C.C.C.C.C.C.C.CC(C)(C)N(c1ccccc1)c1ccccc1.CC(C)(C)N1CCCCC1.CC(C)(C)Oc1c(-c2ccccc2)cccc1-c1ccccc1.CC(C)(C)Oc1ccccc1-c1ccccc1.CC(C)(C)Oc1ccccc1C(C)(C)C.CC1(C)c2ccccc2N(C(C)(C)C)c2ccccc21.CN(C)C(C)(C)C. The lowest BCUT2D eigenvalue weighted by Gasteiger charge is -2.47. The molecule has 0 atom stereocenters. The highest BCUT2D eigenvalue weighted by Crippen LogP contribution is 2.51. The van der Waals surface area contributed by atoms with E-state index >= 15 is 0 Å². The molecule has 7 heteroatoms. The molecule has 10 aromatic carbocycles. The van der Waals surface area contributed by atoms with Crippen LogP contribution in [0.3, 0.4) is 0 Å². The van der Waals surface area contributed by atoms with E-state index in [4.69, 9.17) is 14.2 Å². The summed E-state index contributed by atoms with van der Waals surface area (Å²) in [7, 11) is 4.17. The van der Waals surface area contributed by atoms with Crippen LogP contribution in [0.1, 0.15) is 268 Å². The summed E-state index contributed by atoms with van der Waals surface area (Å²) in [6, 6.07) is 92.6. The lowest BCUT2D eigenvalue weighted by atomic mass is 9.73. The number of hydrogen-bond acceptors (Lipinski definition) is 7. The Morgan fingerprint density at radius 3 is 0.931 bits per heavy atom. The van der Waals surface area contributed by atoms with Gasteiger partial charge in [-0.1, -0.05) is 311 Å². The van der Waals surface area contributed by atoms with Crippen LogP contribution >= 0.6 is 0 Å². The van der Waals surface area contributed by atoms with Crippen molar-refractivity contribution in [3.8, 4) is 50.6 Å². The Morgan fingerprint density at radius 2 is 0.603 bits per heavy atom. The lowest BCUT2D eigenvalue weighted by Crippen LogP contribution is -2.44. The summed E-state index contributed by atoms with van der Waals surface area (Å²) in [5, 5.41) is 0. The monoisotopic (exact) mass is 1580 g/mol. The van der Waals surface area contributed by atoms with Gasteiger partial charge in [0.2, 0.25) is 0 Å². The summed E-state index contributed by atoms with van der Waals surface area (Å²) in [6.07, 6.45) is 4.24. The van der Waals surface area contributed by atoms with Gasteiger partial charge in [0.1, 0.15) is 34.1 Å². The Balaban J connectivity index is 0. The predicted molar refractivity (Wildman–Crippen MR) is 523 cm³/mol. The van der Waals surface area contributed by atoms with Gasteiger partial charge in [-0.25, -0.2) is 0 Å². The summed E-state index contributed by atoms with van der Waals surface area (Å²) >= 11 is 0. The van der Waals surface area contributed by atoms with Crippen molar-refractivity contribution in [3.05, 3.63) is 284 Å². The maximum absolute atomic E-state index is 6.37. The zero-order chi connectivity index (χ0) is 80.8. The zero-order valence-electron chi connectivity index (χ0n) is 72.5. The number of hydrogen-bond donors (Lipinski definition) is 0. The fourth-order valence-corrected chi connectivity index (χ4v) is 12.9. The topological polar surface area (TPSA) is 40.7 Å². The van der Waals surface area contributed by atoms with Crippen LogP contribution in [-0.4, -0.2) is 75.9 Å². The maximum Gasteiger partial charge on any atom is 0.135 e. The van der Waals surface area contributed by atoms with Crippen LogP contribution < -0.4 is 24.0 Å². The van der Waals surface area contributed by atoms with Gasteiger partial charge in [0, 0.05) is 67.0 Å². The molecule has 1 saturated heterocycles. The van der Waals surface area contributed by atoms with E-state index in [2.05, 4.69) is 420 Å². The lowest BCUT2D eigenvalue weighted by molar-refractivity contribution is 0.111. The number of anilines is 4. The van der Waals surface area contributed by atoms with Crippen molar-refractivity contribution in [2.75, 3.05) is 37.0 Å². The fraction of sp³-hybridized carbons (Fsp3) is 0.450. The number of fused-ring (bicyclic) bond motifs is 2. The van der Waals surface area contributed by atoms with Crippen LogP contribution in [-0.2, 0) is 10.8 Å². The number of benzene rings is 10. The third kappa shape index (κ3) is 34.4. The molecule has 640 valence electrons. The largest absolute Gasteiger partial charge is 0.488 e.